The standard InChI is InChI=1S/C28H29F2N3O2/c1-2-18-5-3-6-19(11-18)16-32-17-26(25(31)14-20-12-22(29)15-23(30)13-20)35-28(34)24-8-4-7-21-9-10-33-27(21)24/h3-13,15,25-26,32-33H,2,14,16-17,31H2,1H3. The molecule has 1 heterocycles. The first-order valence-corrected chi connectivity index (χ1v) is 11.7. The average Bonchev–Trinajstić information content (AvgIpc) is 3.32. The van der Waals surface area contributed by atoms with E-state index in [2.05, 4.69) is 29.4 Å². The van der Waals surface area contributed by atoms with Crippen molar-refractivity contribution in [1.82, 2.24) is 10.3 Å². The number of benzene rings is 3. The number of halogens is 2. The monoisotopic (exact) mass is 477 g/mol. The molecule has 0 fully saturated rings. The Morgan fingerprint density at radius 1 is 1.00 bits per heavy atom. The largest absolute Gasteiger partial charge is 0.456 e. The van der Waals surface area contributed by atoms with Gasteiger partial charge in [-0.2, -0.15) is 0 Å². The molecule has 7 heteroatoms. The minimum absolute atomic E-state index is 0.145. The van der Waals surface area contributed by atoms with E-state index >= 15 is 0 Å². The van der Waals surface area contributed by atoms with Crippen molar-refractivity contribution < 1.29 is 18.3 Å². The highest BCUT2D eigenvalue weighted by atomic mass is 19.1. The first-order valence-electron chi connectivity index (χ1n) is 11.7. The smallest absolute Gasteiger partial charge is 0.340 e. The number of aromatic amines is 1. The number of esters is 1. The summed E-state index contributed by atoms with van der Waals surface area (Å²) in [5.74, 6) is -1.86. The fourth-order valence-electron chi connectivity index (χ4n) is 4.19. The molecule has 5 nitrogen and oxygen atoms in total. The minimum Gasteiger partial charge on any atom is -0.456 e. The SMILES string of the molecule is CCc1cccc(CNCC(OC(=O)c2cccc3cc[nH]c23)C(N)Cc2cc(F)cc(F)c2)c1. The van der Waals surface area contributed by atoms with Crippen LogP contribution in [0.15, 0.2) is 72.9 Å². The fourth-order valence-corrected chi connectivity index (χ4v) is 4.19. The van der Waals surface area contributed by atoms with E-state index < -0.39 is 29.7 Å². The third-order valence-electron chi connectivity index (χ3n) is 6.01. The summed E-state index contributed by atoms with van der Waals surface area (Å²) in [5, 5.41) is 4.21. The number of H-pyrrole nitrogens is 1. The first kappa shape index (κ1) is 24.6. The number of hydrogen-bond donors (Lipinski definition) is 3. The normalized spacial score (nSPS) is 13.0. The highest BCUT2D eigenvalue weighted by molar-refractivity contribution is 6.03. The molecule has 4 N–H and O–H groups in total. The van der Waals surface area contributed by atoms with Crippen molar-refractivity contribution in [3.05, 3.63) is 107 Å². The maximum absolute atomic E-state index is 13.7. The molecule has 1 aromatic heterocycles. The Bertz CT molecular complexity index is 1280. The molecule has 0 saturated heterocycles. The molecule has 2 atom stereocenters. The average molecular weight is 478 g/mol. The van der Waals surface area contributed by atoms with E-state index in [9.17, 15) is 13.6 Å². The van der Waals surface area contributed by atoms with E-state index in [1.807, 2.05) is 24.3 Å². The molecule has 2 unspecified atom stereocenters. The summed E-state index contributed by atoms with van der Waals surface area (Å²) < 4.78 is 33.3. The van der Waals surface area contributed by atoms with Crippen LogP contribution in [0.25, 0.3) is 10.9 Å². The number of hydrogen-bond acceptors (Lipinski definition) is 4. The van der Waals surface area contributed by atoms with Crippen molar-refractivity contribution >= 4 is 16.9 Å². The number of aryl methyl sites for hydroxylation is 1. The molecule has 0 aliphatic rings. The highest BCUT2D eigenvalue weighted by Crippen LogP contribution is 2.19. The molecular formula is C28H29F2N3O2. The molecule has 0 aliphatic heterocycles. The second-order valence-corrected chi connectivity index (χ2v) is 8.64. The summed E-state index contributed by atoms with van der Waals surface area (Å²) in [5.41, 5.74) is 10.2. The number of nitrogens with two attached hydrogens (primary N) is 1. The zero-order valence-corrected chi connectivity index (χ0v) is 19.6. The second kappa shape index (κ2) is 11.3. The third-order valence-corrected chi connectivity index (χ3v) is 6.01. The predicted molar refractivity (Wildman–Crippen MR) is 133 cm³/mol. The Kier molecular flexibility index (Phi) is 7.90. The lowest BCUT2D eigenvalue weighted by Gasteiger charge is -2.25. The summed E-state index contributed by atoms with van der Waals surface area (Å²) in [6.07, 6.45) is 2.11. The van der Waals surface area contributed by atoms with Gasteiger partial charge in [-0.25, -0.2) is 13.6 Å². The Morgan fingerprint density at radius 3 is 2.51 bits per heavy atom. The zero-order chi connectivity index (χ0) is 24.8. The molecule has 0 saturated carbocycles. The molecule has 0 bridgehead atoms. The molecule has 3 aromatic carbocycles. The van der Waals surface area contributed by atoms with Gasteiger partial charge >= 0.3 is 5.97 Å². The number of para-hydroxylation sites is 1. The van der Waals surface area contributed by atoms with E-state index in [1.165, 1.54) is 17.7 Å². The van der Waals surface area contributed by atoms with E-state index in [-0.39, 0.29) is 13.0 Å². The number of rotatable bonds is 10. The van der Waals surface area contributed by atoms with Crippen LogP contribution in [0.5, 0.6) is 0 Å². The molecule has 182 valence electrons. The minimum atomic E-state index is -0.728. The summed E-state index contributed by atoms with van der Waals surface area (Å²) >= 11 is 0. The van der Waals surface area contributed by atoms with Gasteiger partial charge in [-0.05, 0) is 53.8 Å². The molecule has 0 aliphatic carbocycles. The van der Waals surface area contributed by atoms with Crippen LogP contribution >= 0.6 is 0 Å². The number of carbonyl (C=O) groups is 1. The Morgan fingerprint density at radius 2 is 1.74 bits per heavy atom. The van der Waals surface area contributed by atoms with Gasteiger partial charge in [0.25, 0.3) is 0 Å². The van der Waals surface area contributed by atoms with E-state index in [0.29, 0.717) is 23.2 Å². The van der Waals surface area contributed by atoms with E-state index in [1.54, 1.807) is 18.3 Å². The molecule has 0 spiro atoms. The van der Waals surface area contributed by atoms with Gasteiger partial charge in [-0.1, -0.05) is 43.3 Å². The highest BCUT2D eigenvalue weighted by Gasteiger charge is 2.25. The molecule has 4 rings (SSSR count). The Hall–Kier alpha value is -3.55. The number of fused-ring (bicyclic) bond motifs is 1. The topological polar surface area (TPSA) is 80.1 Å². The maximum Gasteiger partial charge on any atom is 0.340 e. The van der Waals surface area contributed by atoms with Crippen molar-refractivity contribution in [2.75, 3.05) is 6.54 Å². The van der Waals surface area contributed by atoms with Crippen molar-refractivity contribution in [3.8, 4) is 0 Å². The first-order chi connectivity index (χ1) is 16.9. The predicted octanol–water partition coefficient (Wildman–Crippen LogP) is 4.89. The number of carbonyl (C=O) groups excluding carboxylic acids is 1. The molecule has 4 aromatic rings. The molecule has 0 amide bonds. The fraction of sp³-hybridized carbons (Fsp3) is 0.250. The van der Waals surface area contributed by atoms with Crippen molar-refractivity contribution in [1.29, 1.82) is 0 Å². The number of ether oxygens (including phenoxy) is 1. The van der Waals surface area contributed by atoms with Gasteiger partial charge in [0.15, 0.2) is 0 Å². The number of aromatic nitrogens is 1. The molecule has 35 heavy (non-hydrogen) atoms. The zero-order valence-electron chi connectivity index (χ0n) is 19.6. The lowest BCUT2D eigenvalue weighted by Crippen LogP contribution is -2.46. The Balaban J connectivity index is 1.50. The summed E-state index contributed by atoms with van der Waals surface area (Å²) in [6.45, 7) is 2.94. The van der Waals surface area contributed by atoms with Gasteiger partial charge in [-0.3, -0.25) is 0 Å². The maximum atomic E-state index is 13.7. The quantitative estimate of drug-likeness (QED) is 0.284. The van der Waals surface area contributed by atoms with Gasteiger partial charge in [0.1, 0.15) is 17.7 Å². The van der Waals surface area contributed by atoms with Crippen LogP contribution in [0, 0.1) is 11.6 Å². The van der Waals surface area contributed by atoms with Gasteiger partial charge < -0.3 is 20.8 Å². The van der Waals surface area contributed by atoms with Crippen LogP contribution in [-0.4, -0.2) is 29.6 Å². The molecular weight excluding hydrogens is 448 g/mol. The van der Waals surface area contributed by atoms with Gasteiger partial charge in [0.05, 0.1) is 11.1 Å². The lowest BCUT2D eigenvalue weighted by molar-refractivity contribution is 0.0240. The van der Waals surface area contributed by atoms with Gasteiger partial charge in [0.2, 0.25) is 0 Å². The number of nitrogens with one attached hydrogen (secondary N) is 2. The summed E-state index contributed by atoms with van der Waals surface area (Å²) in [7, 11) is 0. The van der Waals surface area contributed by atoms with Crippen LogP contribution in [0.2, 0.25) is 0 Å². The van der Waals surface area contributed by atoms with Crippen LogP contribution in [0.4, 0.5) is 8.78 Å². The van der Waals surface area contributed by atoms with Crippen LogP contribution in [0.1, 0.15) is 34.0 Å². The Labute approximate surface area is 203 Å². The van der Waals surface area contributed by atoms with Gasteiger partial charge in [-0.15, -0.1) is 0 Å². The van der Waals surface area contributed by atoms with Crippen molar-refractivity contribution in [2.24, 2.45) is 5.73 Å². The van der Waals surface area contributed by atoms with Gasteiger partial charge in [0, 0.05) is 36.8 Å². The third kappa shape index (κ3) is 6.32. The lowest BCUT2D eigenvalue weighted by atomic mass is 10.0. The molecule has 0 radical (unpaired) electrons. The second-order valence-electron chi connectivity index (χ2n) is 8.64. The van der Waals surface area contributed by atoms with E-state index in [4.69, 9.17) is 10.5 Å². The van der Waals surface area contributed by atoms with Crippen LogP contribution < -0.4 is 11.1 Å². The van der Waals surface area contributed by atoms with Crippen molar-refractivity contribution in [3.63, 3.8) is 0 Å². The summed E-state index contributed by atoms with van der Waals surface area (Å²) in [4.78, 5) is 16.2. The van der Waals surface area contributed by atoms with Crippen LogP contribution in [0.3, 0.4) is 0 Å². The summed E-state index contributed by atoms with van der Waals surface area (Å²) in [6, 6.07) is 18.1. The van der Waals surface area contributed by atoms with Crippen LogP contribution in [-0.2, 0) is 24.1 Å². The van der Waals surface area contributed by atoms with E-state index in [0.717, 1.165) is 23.4 Å². The van der Waals surface area contributed by atoms with Crippen molar-refractivity contribution in [2.45, 2.75) is 38.5 Å².